The van der Waals surface area contributed by atoms with Gasteiger partial charge in [0.25, 0.3) is 0 Å². The summed E-state index contributed by atoms with van der Waals surface area (Å²) in [5.74, 6) is 0.0610. The number of amides is 1. The number of nitrogens with zero attached hydrogens (tertiary/aromatic N) is 2. The van der Waals surface area contributed by atoms with Crippen molar-refractivity contribution in [2.75, 3.05) is 19.6 Å². The zero-order chi connectivity index (χ0) is 15.5. The molecule has 1 fully saturated rings. The fraction of sp³-hybridized carbons (Fsp3) is 0.412. The van der Waals surface area contributed by atoms with Crippen LogP contribution in [0.2, 0.25) is 0 Å². The Bertz CT molecular complexity index is 684. The van der Waals surface area contributed by atoms with Crippen molar-refractivity contribution in [3.63, 3.8) is 0 Å². The highest BCUT2D eigenvalue weighted by molar-refractivity contribution is 5.85. The first-order valence-electron chi connectivity index (χ1n) is 7.68. The third-order valence-electron chi connectivity index (χ3n) is 4.24. The Morgan fingerprint density at radius 1 is 1.21 bits per heavy atom. The molecular formula is C17H23Cl2N3O2. The summed E-state index contributed by atoms with van der Waals surface area (Å²) in [6.45, 7) is 1.33. The molecule has 0 spiro atoms. The van der Waals surface area contributed by atoms with Crippen LogP contribution in [0.4, 0.5) is 0 Å². The number of halogens is 2. The van der Waals surface area contributed by atoms with Gasteiger partial charge in [0.2, 0.25) is 5.91 Å². The highest BCUT2D eigenvalue weighted by Gasteiger charge is 2.33. The average molecular weight is 372 g/mol. The number of hydrogen-bond acceptors (Lipinski definition) is 4. The van der Waals surface area contributed by atoms with Crippen LogP contribution in [0.5, 0.6) is 0 Å². The monoisotopic (exact) mass is 371 g/mol. The van der Waals surface area contributed by atoms with Crippen LogP contribution in [0.3, 0.4) is 0 Å². The summed E-state index contributed by atoms with van der Waals surface area (Å²) in [4.78, 5) is 18.2. The Morgan fingerprint density at radius 3 is 2.71 bits per heavy atom. The molecule has 1 aromatic carbocycles. The van der Waals surface area contributed by atoms with E-state index in [0.29, 0.717) is 32.5 Å². The van der Waals surface area contributed by atoms with Gasteiger partial charge in [-0.05, 0) is 18.6 Å². The second-order valence-corrected chi connectivity index (χ2v) is 5.86. The molecule has 1 aromatic heterocycles. The summed E-state index contributed by atoms with van der Waals surface area (Å²) >= 11 is 0. The van der Waals surface area contributed by atoms with Crippen molar-refractivity contribution in [1.29, 1.82) is 0 Å². The van der Waals surface area contributed by atoms with E-state index in [1.165, 1.54) is 0 Å². The van der Waals surface area contributed by atoms with Crippen LogP contribution in [0.15, 0.2) is 36.4 Å². The van der Waals surface area contributed by atoms with E-state index in [4.69, 9.17) is 5.73 Å². The molecule has 24 heavy (non-hydrogen) atoms. The largest absolute Gasteiger partial charge is 0.391 e. The van der Waals surface area contributed by atoms with E-state index in [2.05, 4.69) is 11.1 Å². The number of benzene rings is 1. The van der Waals surface area contributed by atoms with Gasteiger partial charge >= 0.3 is 0 Å². The molecule has 1 amide bonds. The number of carbonyl (C=O) groups is 1. The van der Waals surface area contributed by atoms with E-state index in [9.17, 15) is 9.90 Å². The van der Waals surface area contributed by atoms with Gasteiger partial charge < -0.3 is 15.7 Å². The van der Waals surface area contributed by atoms with Gasteiger partial charge in [-0.3, -0.25) is 9.78 Å². The van der Waals surface area contributed by atoms with Gasteiger partial charge in [0.15, 0.2) is 0 Å². The smallest absolute Gasteiger partial charge is 0.223 e. The number of pyridine rings is 1. The number of likely N-dealkylation sites (tertiary alicyclic amines) is 1. The lowest BCUT2D eigenvalue weighted by Gasteiger charge is -2.15. The molecule has 0 saturated carbocycles. The van der Waals surface area contributed by atoms with E-state index < -0.39 is 6.10 Å². The third-order valence-corrected chi connectivity index (χ3v) is 4.24. The minimum atomic E-state index is -0.491. The first-order chi connectivity index (χ1) is 10.7. The molecule has 0 aliphatic carbocycles. The fourth-order valence-electron chi connectivity index (χ4n) is 3.03. The van der Waals surface area contributed by atoms with Crippen molar-refractivity contribution in [2.45, 2.75) is 18.9 Å². The molecule has 1 saturated heterocycles. The zero-order valence-corrected chi connectivity index (χ0v) is 14.9. The molecule has 2 atom stereocenters. The first kappa shape index (κ1) is 20.6. The van der Waals surface area contributed by atoms with Crippen molar-refractivity contribution in [1.82, 2.24) is 9.88 Å². The number of nitrogens with two attached hydrogens (primary N) is 1. The summed E-state index contributed by atoms with van der Waals surface area (Å²) in [6, 6.07) is 12.0. The molecule has 0 radical (unpaired) electrons. The molecule has 2 aromatic rings. The topological polar surface area (TPSA) is 79.5 Å². The van der Waals surface area contributed by atoms with Gasteiger partial charge in [-0.2, -0.15) is 0 Å². The SMILES string of the molecule is Cl.Cl.NCCC(=O)N1C[C@@H](Cc2ccc3ccccc3n2)[C@H](O)C1. The average Bonchev–Trinajstić information content (AvgIpc) is 2.89. The second-order valence-electron chi connectivity index (χ2n) is 5.86. The lowest BCUT2D eigenvalue weighted by Crippen LogP contribution is -2.31. The van der Waals surface area contributed by atoms with E-state index in [0.717, 1.165) is 16.6 Å². The maximum Gasteiger partial charge on any atom is 0.223 e. The molecular weight excluding hydrogens is 349 g/mol. The molecule has 1 aliphatic heterocycles. The molecule has 3 rings (SSSR count). The van der Waals surface area contributed by atoms with E-state index in [1.807, 2.05) is 30.3 Å². The Kier molecular flexibility index (Phi) is 7.90. The number of carbonyl (C=O) groups excluding carboxylic acids is 1. The normalized spacial score (nSPS) is 19.7. The number of para-hydroxylation sites is 1. The number of β-amino-alcohol motifs (C(OH)–C–C–N with tert-alkyl or cyclic N) is 1. The van der Waals surface area contributed by atoms with Crippen LogP contribution in [-0.2, 0) is 11.2 Å². The van der Waals surface area contributed by atoms with Crippen molar-refractivity contribution in [3.8, 4) is 0 Å². The number of aromatic nitrogens is 1. The molecule has 3 N–H and O–H groups in total. The van der Waals surface area contributed by atoms with Gasteiger partial charge in [-0.1, -0.05) is 24.3 Å². The number of aliphatic hydroxyl groups is 1. The van der Waals surface area contributed by atoms with E-state index in [1.54, 1.807) is 4.90 Å². The molecule has 5 nitrogen and oxygen atoms in total. The number of hydrogen-bond donors (Lipinski definition) is 2. The van der Waals surface area contributed by atoms with Crippen LogP contribution in [0.1, 0.15) is 12.1 Å². The standard InChI is InChI=1S/C17H21N3O2.2ClH/c18-8-7-17(22)20-10-13(16(21)11-20)9-14-6-5-12-3-1-2-4-15(12)19-14;;/h1-6,13,16,21H,7-11,18H2;2*1H/t13-,16-;;/m1../s1. The summed E-state index contributed by atoms with van der Waals surface area (Å²) < 4.78 is 0. The van der Waals surface area contributed by atoms with Crippen molar-refractivity contribution >= 4 is 41.6 Å². The fourth-order valence-corrected chi connectivity index (χ4v) is 3.03. The maximum atomic E-state index is 11.9. The van der Waals surface area contributed by atoms with Gasteiger partial charge in [0.05, 0.1) is 11.6 Å². The van der Waals surface area contributed by atoms with Crippen molar-refractivity contribution < 1.29 is 9.90 Å². The highest BCUT2D eigenvalue weighted by Crippen LogP contribution is 2.22. The molecule has 2 heterocycles. The van der Waals surface area contributed by atoms with Crippen LogP contribution >= 0.6 is 24.8 Å². The van der Waals surface area contributed by atoms with Crippen LogP contribution < -0.4 is 5.73 Å². The van der Waals surface area contributed by atoms with Crippen molar-refractivity contribution in [3.05, 3.63) is 42.1 Å². The van der Waals surface area contributed by atoms with Gasteiger partial charge in [0, 0.05) is 43.1 Å². The molecule has 7 heteroatoms. The van der Waals surface area contributed by atoms with Gasteiger partial charge in [-0.25, -0.2) is 0 Å². The Labute approximate surface area is 154 Å². The van der Waals surface area contributed by atoms with Crippen LogP contribution in [-0.4, -0.2) is 46.6 Å². The van der Waals surface area contributed by atoms with E-state index in [-0.39, 0.29) is 36.6 Å². The number of aliphatic hydroxyl groups excluding tert-OH is 1. The summed E-state index contributed by atoms with van der Waals surface area (Å²) in [5, 5.41) is 11.3. The molecule has 132 valence electrons. The van der Waals surface area contributed by atoms with E-state index >= 15 is 0 Å². The summed E-state index contributed by atoms with van der Waals surface area (Å²) in [7, 11) is 0. The molecule has 0 bridgehead atoms. The summed E-state index contributed by atoms with van der Waals surface area (Å²) in [5.41, 5.74) is 7.34. The van der Waals surface area contributed by atoms with Crippen LogP contribution in [0.25, 0.3) is 10.9 Å². The van der Waals surface area contributed by atoms with Crippen molar-refractivity contribution in [2.24, 2.45) is 11.7 Å². The second kappa shape index (κ2) is 9.18. The third kappa shape index (κ3) is 4.57. The molecule has 0 unspecified atom stereocenters. The minimum absolute atomic E-state index is 0. The first-order valence-corrected chi connectivity index (χ1v) is 7.68. The lowest BCUT2D eigenvalue weighted by atomic mass is 9.99. The Hall–Kier alpha value is -1.40. The van der Waals surface area contributed by atoms with Gasteiger partial charge in [0.1, 0.15) is 0 Å². The Balaban J connectivity index is 0.00000144. The predicted octanol–water partition coefficient (Wildman–Crippen LogP) is 1.79. The maximum absolute atomic E-state index is 11.9. The zero-order valence-electron chi connectivity index (χ0n) is 13.3. The number of rotatable bonds is 4. The molecule has 1 aliphatic rings. The van der Waals surface area contributed by atoms with Gasteiger partial charge in [-0.15, -0.1) is 24.8 Å². The van der Waals surface area contributed by atoms with Crippen LogP contribution in [0, 0.1) is 5.92 Å². The predicted molar refractivity (Wildman–Crippen MR) is 99.7 cm³/mol. The quantitative estimate of drug-likeness (QED) is 0.858. The summed E-state index contributed by atoms with van der Waals surface area (Å²) in [6.07, 6.45) is 0.529. The Morgan fingerprint density at radius 2 is 1.96 bits per heavy atom. The highest BCUT2D eigenvalue weighted by atomic mass is 35.5. The number of fused-ring (bicyclic) bond motifs is 1. The minimum Gasteiger partial charge on any atom is -0.391 e. The lowest BCUT2D eigenvalue weighted by molar-refractivity contribution is -0.130.